The van der Waals surface area contributed by atoms with Crippen LogP contribution in [0.3, 0.4) is 0 Å². The highest BCUT2D eigenvalue weighted by atomic mass is 16.2. The van der Waals surface area contributed by atoms with Gasteiger partial charge in [0.15, 0.2) is 0 Å². The first-order valence-electron chi connectivity index (χ1n) is 14.8. The van der Waals surface area contributed by atoms with E-state index >= 15 is 0 Å². The summed E-state index contributed by atoms with van der Waals surface area (Å²) in [5.41, 5.74) is 3.15. The number of hydrogen-bond donors (Lipinski definition) is 1. The monoisotopic (exact) mass is 577 g/mol. The zero-order valence-corrected chi connectivity index (χ0v) is 24.2. The Morgan fingerprint density at radius 3 is 2.09 bits per heavy atom. The Morgan fingerprint density at radius 1 is 0.721 bits per heavy atom. The number of nitrogens with zero attached hydrogens (tertiary/aromatic N) is 4. The van der Waals surface area contributed by atoms with E-state index in [0.717, 1.165) is 19.6 Å². The molecule has 2 aliphatic heterocycles. The molecule has 3 aromatic carbocycles. The minimum Gasteiger partial charge on any atom is -0.360 e. The van der Waals surface area contributed by atoms with E-state index < -0.39 is 11.7 Å². The van der Waals surface area contributed by atoms with Crippen LogP contribution in [0.25, 0.3) is 10.9 Å². The smallest absolute Gasteiger partial charge is 0.295 e. The molecule has 1 aromatic heterocycles. The van der Waals surface area contributed by atoms with E-state index in [2.05, 4.69) is 22.0 Å². The highest BCUT2D eigenvalue weighted by Crippen LogP contribution is 2.25. The van der Waals surface area contributed by atoms with Crippen LogP contribution in [-0.2, 0) is 11.3 Å². The third-order valence-corrected chi connectivity index (χ3v) is 8.49. The van der Waals surface area contributed by atoms with Gasteiger partial charge in [-0.25, -0.2) is 0 Å². The number of nitrogens with one attached hydrogen (secondary N) is 1. The summed E-state index contributed by atoms with van der Waals surface area (Å²) in [6.45, 7) is 6.46. The van der Waals surface area contributed by atoms with Crippen LogP contribution in [0.15, 0.2) is 85.1 Å². The summed E-state index contributed by atoms with van der Waals surface area (Å²) in [6, 6.07) is 24.3. The zero-order chi connectivity index (χ0) is 29.9. The molecule has 2 fully saturated rings. The Kier molecular flexibility index (Phi) is 8.07. The molecule has 0 saturated carbocycles. The van der Waals surface area contributed by atoms with Gasteiger partial charge in [0.2, 0.25) is 0 Å². The number of piperazine rings is 2. The zero-order valence-electron chi connectivity index (χ0n) is 24.2. The van der Waals surface area contributed by atoms with E-state index in [1.807, 2.05) is 48.2 Å². The van der Waals surface area contributed by atoms with Gasteiger partial charge in [0.05, 0.1) is 16.6 Å². The number of ketones is 1. The van der Waals surface area contributed by atoms with Crippen molar-refractivity contribution in [3.8, 4) is 0 Å². The van der Waals surface area contributed by atoms with Crippen molar-refractivity contribution in [2.24, 2.45) is 0 Å². The Bertz CT molecular complexity index is 1640. The van der Waals surface area contributed by atoms with Gasteiger partial charge in [0.1, 0.15) is 0 Å². The summed E-state index contributed by atoms with van der Waals surface area (Å²) in [6.07, 6.45) is 1.53. The quantitative estimate of drug-likeness (QED) is 0.279. The molecule has 3 heterocycles. The van der Waals surface area contributed by atoms with Crippen LogP contribution in [0.2, 0.25) is 0 Å². The summed E-state index contributed by atoms with van der Waals surface area (Å²) in [4.78, 5) is 63.9. The Labute approximate surface area is 250 Å². The van der Waals surface area contributed by atoms with Crippen molar-refractivity contribution in [3.05, 3.63) is 107 Å². The molecule has 2 aliphatic rings. The van der Waals surface area contributed by atoms with Crippen molar-refractivity contribution >= 4 is 34.4 Å². The van der Waals surface area contributed by atoms with Gasteiger partial charge >= 0.3 is 0 Å². The Hall–Kier alpha value is -4.76. The number of aromatic amines is 1. The maximum absolute atomic E-state index is 13.6. The highest BCUT2D eigenvalue weighted by molar-refractivity contribution is 6.45. The average molecular weight is 578 g/mol. The third kappa shape index (κ3) is 5.81. The van der Waals surface area contributed by atoms with Gasteiger partial charge in [0.25, 0.3) is 23.5 Å². The van der Waals surface area contributed by atoms with Gasteiger partial charge < -0.3 is 19.7 Å². The third-order valence-electron chi connectivity index (χ3n) is 8.49. The molecule has 1 N–H and O–H groups in total. The van der Waals surface area contributed by atoms with Crippen LogP contribution in [-0.4, -0.2) is 99.9 Å². The molecule has 0 bridgehead atoms. The molecule has 4 aromatic rings. The number of fused-ring (bicyclic) bond motifs is 1. The Balaban J connectivity index is 1.11. The number of carbonyl (C=O) groups is 4. The fourth-order valence-electron chi connectivity index (χ4n) is 6.09. The second kappa shape index (κ2) is 12.2. The summed E-state index contributed by atoms with van der Waals surface area (Å²) in [5, 5.41) is 0.553. The van der Waals surface area contributed by atoms with Gasteiger partial charge in [-0.05, 0) is 30.7 Å². The maximum atomic E-state index is 13.6. The molecular weight excluding hydrogens is 542 g/mol. The number of H-pyrrole nitrogens is 1. The lowest BCUT2D eigenvalue weighted by atomic mass is 10.0. The van der Waals surface area contributed by atoms with E-state index in [1.165, 1.54) is 11.8 Å². The largest absolute Gasteiger partial charge is 0.360 e. The predicted molar refractivity (Wildman–Crippen MR) is 164 cm³/mol. The molecular formula is C34H35N5O4. The van der Waals surface area contributed by atoms with Crippen molar-refractivity contribution in [2.75, 3.05) is 45.8 Å². The first-order valence-corrected chi connectivity index (χ1v) is 14.8. The van der Waals surface area contributed by atoms with Crippen molar-refractivity contribution in [1.82, 2.24) is 24.6 Å². The fraction of sp³-hybridized carbons (Fsp3) is 0.294. The Morgan fingerprint density at radius 2 is 1.40 bits per heavy atom. The number of aromatic nitrogens is 1. The number of hydrogen-bond acceptors (Lipinski definition) is 5. The van der Waals surface area contributed by atoms with Crippen LogP contribution < -0.4 is 0 Å². The van der Waals surface area contributed by atoms with E-state index in [9.17, 15) is 19.2 Å². The molecule has 6 rings (SSSR count). The topological polar surface area (TPSA) is 97.0 Å². The number of para-hydroxylation sites is 1. The number of amides is 3. The summed E-state index contributed by atoms with van der Waals surface area (Å²) >= 11 is 0. The molecule has 1 atom stereocenters. The SMILES string of the molecule is C[C@@H]1CN(C(=O)c2ccccc2)CCN1C(=O)C(=O)c1c[nH]c2c(C(=O)N3CCN(Cc4ccccc4)CC3)cccc12. The van der Waals surface area contributed by atoms with Crippen molar-refractivity contribution in [3.63, 3.8) is 0 Å². The summed E-state index contributed by atoms with van der Waals surface area (Å²) < 4.78 is 0. The standard InChI is InChI=1S/C34H35N5O4/c1-24-22-38(32(41)26-11-6-3-7-12-26)19-20-39(24)34(43)31(40)29-21-35-30-27(29)13-8-14-28(30)33(42)37-17-15-36(16-18-37)23-25-9-4-2-5-10-25/h2-14,21,24,35H,15-20,22-23H2,1H3/t24-/m1/s1. The van der Waals surface area contributed by atoms with Crippen molar-refractivity contribution < 1.29 is 19.2 Å². The van der Waals surface area contributed by atoms with Gasteiger partial charge in [-0.15, -0.1) is 0 Å². The number of rotatable bonds is 6. The summed E-state index contributed by atoms with van der Waals surface area (Å²) in [7, 11) is 0. The second-order valence-corrected chi connectivity index (χ2v) is 11.3. The number of benzene rings is 3. The van der Waals surface area contributed by atoms with Crippen molar-refractivity contribution in [2.45, 2.75) is 19.5 Å². The number of carbonyl (C=O) groups excluding carboxylic acids is 4. The van der Waals surface area contributed by atoms with Crippen LogP contribution >= 0.6 is 0 Å². The highest BCUT2D eigenvalue weighted by Gasteiger charge is 2.34. The van der Waals surface area contributed by atoms with Crippen LogP contribution in [0, 0.1) is 0 Å². The normalized spacial score (nSPS) is 17.7. The molecule has 2 saturated heterocycles. The molecule has 43 heavy (non-hydrogen) atoms. The maximum Gasteiger partial charge on any atom is 0.295 e. The molecule has 0 aliphatic carbocycles. The molecule has 9 nitrogen and oxygen atoms in total. The molecule has 0 radical (unpaired) electrons. The molecule has 0 spiro atoms. The second-order valence-electron chi connectivity index (χ2n) is 11.3. The predicted octanol–water partition coefficient (Wildman–Crippen LogP) is 3.68. The van der Waals surface area contributed by atoms with Gasteiger partial charge in [-0.1, -0.05) is 60.7 Å². The first-order chi connectivity index (χ1) is 20.9. The lowest BCUT2D eigenvalue weighted by molar-refractivity contribution is -0.130. The molecule has 0 unspecified atom stereocenters. The van der Waals surface area contributed by atoms with Gasteiger partial charge in [0, 0.05) is 75.5 Å². The summed E-state index contributed by atoms with van der Waals surface area (Å²) in [5.74, 6) is -1.41. The van der Waals surface area contributed by atoms with Crippen LogP contribution in [0.4, 0.5) is 0 Å². The van der Waals surface area contributed by atoms with Crippen molar-refractivity contribution in [1.29, 1.82) is 0 Å². The lowest BCUT2D eigenvalue weighted by Crippen LogP contribution is -2.56. The first kappa shape index (κ1) is 28.4. The van der Waals surface area contributed by atoms with Gasteiger partial charge in [-0.2, -0.15) is 0 Å². The molecule has 220 valence electrons. The van der Waals surface area contributed by atoms with E-state index in [1.54, 1.807) is 40.1 Å². The minimum absolute atomic E-state index is 0.0858. The van der Waals surface area contributed by atoms with E-state index in [-0.39, 0.29) is 30.0 Å². The van der Waals surface area contributed by atoms with Crippen LogP contribution in [0.1, 0.15) is 43.6 Å². The van der Waals surface area contributed by atoms with E-state index in [4.69, 9.17) is 0 Å². The molecule has 3 amide bonds. The van der Waals surface area contributed by atoms with Gasteiger partial charge in [-0.3, -0.25) is 24.1 Å². The lowest BCUT2D eigenvalue weighted by Gasteiger charge is -2.39. The average Bonchev–Trinajstić information content (AvgIpc) is 3.49. The molecule has 9 heteroatoms. The number of Topliss-reactive ketones (excluding diaryl/α,β-unsaturated/α-hetero) is 1. The minimum atomic E-state index is -0.625. The van der Waals surface area contributed by atoms with Crippen LogP contribution in [0.5, 0.6) is 0 Å². The van der Waals surface area contributed by atoms with E-state index in [0.29, 0.717) is 48.2 Å². The fourth-order valence-corrected chi connectivity index (χ4v) is 6.09.